The highest BCUT2D eigenvalue weighted by atomic mass is 79.9. The van der Waals surface area contributed by atoms with E-state index >= 15 is 0 Å². The van der Waals surface area contributed by atoms with E-state index in [1.165, 1.54) is 23.6 Å². The second-order valence-electron chi connectivity index (χ2n) is 3.15. The molecule has 90 valence electrons. The molecule has 3 N–H and O–H groups in total. The highest BCUT2D eigenvalue weighted by molar-refractivity contribution is 9.10. The minimum absolute atomic E-state index is 0.0315. The number of nitrogens with two attached hydrogens (primary N) is 1. The van der Waals surface area contributed by atoms with Gasteiger partial charge in [-0.3, -0.25) is 4.72 Å². The molecule has 2 aromatic rings. The Labute approximate surface area is 111 Å². The molecule has 0 spiro atoms. The van der Waals surface area contributed by atoms with E-state index in [1.807, 2.05) is 0 Å². The lowest BCUT2D eigenvalue weighted by molar-refractivity contribution is 0.601. The number of nitrogen functional groups attached to an aromatic ring is 1. The van der Waals surface area contributed by atoms with Gasteiger partial charge in [0, 0.05) is 16.0 Å². The summed E-state index contributed by atoms with van der Waals surface area (Å²) >= 11 is 4.56. The van der Waals surface area contributed by atoms with Gasteiger partial charge in [0.2, 0.25) is 0 Å². The minimum Gasteiger partial charge on any atom is -0.383 e. The lowest BCUT2D eigenvalue weighted by Gasteiger charge is -2.08. The molecule has 8 heteroatoms. The number of rotatable bonds is 3. The number of pyridine rings is 1. The lowest BCUT2D eigenvalue weighted by atomic mass is 10.5. The van der Waals surface area contributed by atoms with Crippen LogP contribution in [0.2, 0.25) is 0 Å². The van der Waals surface area contributed by atoms with Gasteiger partial charge in [0.1, 0.15) is 10.7 Å². The van der Waals surface area contributed by atoms with E-state index < -0.39 is 10.0 Å². The number of halogens is 1. The molecule has 0 fully saturated rings. The van der Waals surface area contributed by atoms with Crippen molar-refractivity contribution < 1.29 is 8.42 Å². The largest absolute Gasteiger partial charge is 0.383 e. The molecule has 0 aliphatic rings. The summed E-state index contributed by atoms with van der Waals surface area (Å²) in [5.74, 6) is -0.0315. The van der Waals surface area contributed by atoms with E-state index in [2.05, 4.69) is 25.6 Å². The van der Waals surface area contributed by atoms with Crippen LogP contribution in [0.1, 0.15) is 0 Å². The van der Waals surface area contributed by atoms with E-state index in [0.29, 0.717) is 10.2 Å². The van der Waals surface area contributed by atoms with Gasteiger partial charge in [-0.25, -0.2) is 13.4 Å². The molecule has 5 nitrogen and oxygen atoms in total. The van der Waals surface area contributed by atoms with Crippen molar-refractivity contribution >= 4 is 48.8 Å². The smallest absolute Gasteiger partial charge is 0.265 e. The van der Waals surface area contributed by atoms with Crippen molar-refractivity contribution in [3.63, 3.8) is 0 Å². The Morgan fingerprint density at radius 3 is 2.88 bits per heavy atom. The number of nitrogens with one attached hydrogen (secondary N) is 1. The van der Waals surface area contributed by atoms with Gasteiger partial charge in [0.25, 0.3) is 10.0 Å². The molecule has 0 aliphatic carbocycles. The van der Waals surface area contributed by atoms with Crippen LogP contribution in [0.3, 0.4) is 0 Å². The first-order chi connectivity index (χ1) is 7.99. The number of hydrogen-bond donors (Lipinski definition) is 2. The van der Waals surface area contributed by atoms with Crippen LogP contribution in [0.5, 0.6) is 0 Å². The van der Waals surface area contributed by atoms with Gasteiger partial charge in [-0.05, 0) is 33.4 Å². The summed E-state index contributed by atoms with van der Waals surface area (Å²) in [5, 5.41) is 3.47. The fraction of sp³-hybridized carbons (Fsp3) is 0. The van der Waals surface area contributed by atoms with Gasteiger partial charge in [0.05, 0.1) is 5.69 Å². The second-order valence-corrected chi connectivity index (χ2v) is 6.50. The maximum absolute atomic E-state index is 12.0. The predicted octanol–water partition coefficient (Wildman–Crippen LogP) is 2.29. The zero-order valence-corrected chi connectivity index (χ0v) is 11.6. The van der Waals surface area contributed by atoms with Crippen molar-refractivity contribution in [2.75, 3.05) is 10.5 Å². The Bertz CT molecular complexity index is 626. The molecule has 0 unspecified atom stereocenters. The third kappa shape index (κ3) is 2.76. The molecule has 0 radical (unpaired) electrons. The third-order valence-electron chi connectivity index (χ3n) is 1.91. The van der Waals surface area contributed by atoms with E-state index in [1.54, 1.807) is 16.8 Å². The topological polar surface area (TPSA) is 85.1 Å². The van der Waals surface area contributed by atoms with Crippen molar-refractivity contribution in [3.05, 3.63) is 33.6 Å². The average molecular weight is 334 g/mol. The summed E-state index contributed by atoms with van der Waals surface area (Å²) in [4.78, 5) is 3.75. The number of anilines is 2. The molecule has 17 heavy (non-hydrogen) atoms. The van der Waals surface area contributed by atoms with Gasteiger partial charge in [-0.1, -0.05) is 0 Å². The highest BCUT2D eigenvalue weighted by Crippen LogP contribution is 2.23. The fourth-order valence-corrected chi connectivity index (χ4v) is 3.48. The lowest BCUT2D eigenvalue weighted by Crippen LogP contribution is -2.15. The molecule has 0 saturated carbocycles. The Balaban J connectivity index is 2.41. The summed E-state index contributed by atoms with van der Waals surface area (Å²) in [5.41, 5.74) is 6.06. The van der Waals surface area contributed by atoms with Crippen molar-refractivity contribution in [1.29, 1.82) is 0 Å². The Kier molecular flexibility index (Phi) is 3.36. The van der Waals surface area contributed by atoms with Crippen LogP contribution in [0.25, 0.3) is 0 Å². The zero-order chi connectivity index (χ0) is 12.5. The van der Waals surface area contributed by atoms with Gasteiger partial charge < -0.3 is 5.73 Å². The third-order valence-corrected chi connectivity index (χ3v) is 4.44. The van der Waals surface area contributed by atoms with Crippen LogP contribution in [-0.2, 0) is 10.0 Å². The van der Waals surface area contributed by atoms with Crippen LogP contribution in [0, 0.1) is 0 Å². The normalized spacial score (nSPS) is 11.4. The average Bonchev–Trinajstić information content (AvgIpc) is 2.73. The van der Waals surface area contributed by atoms with Gasteiger partial charge in [-0.2, -0.15) is 11.3 Å². The van der Waals surface area contributed by atoms with Crippen LogP contribution >= 0.6 is 27.3 Å². The molecule has 0 aliphatic heterocycles. The first-order valence-electron chi connectivity index (χ1n) is 4.45. The SMILES string of the molecule is Nc1ncc(Br)cc1S(=O)(=O)Nc1ccsc1. The number of nitrogens with zero attached hydrogens (tertiary/aromatic N) is 1. The fourth-order valence-electron chi connectivity index (χ4n) is 1.18. The summed E-state index contributed by atoms with van der Waals surface area (Å²) in [7, 11) is -3.70. The van der Waals surface area contributed by atoms with Gasteiger partial charge in [-0.15, -0.1) is 0 Å². The van der Waals surface area contributed by atoms with Crippen LogP contribution < -0.4 is 10.5 Å². The van der Waals surface area contributed by atoms with E-state index in [0.717, 1.165) is 0 Å². The van der Waals surface area contributed by atoms with E-state index in [4.69, 9.17) is 5.73 Å². The van der Waals surface area contributed by atoms with E-state index in [-0.39, 0.29) is 10.7 Å². The van der Waals surface area contributed by atoms with Crippen LogP contribution in [0.15, 0.2) is 38.5 Å². The Morgan fingerprint density at radius 2 is 2.24 bits per heavy atom. The quantitative estimate of drug-likeness (QED) is 0.902. The number of thiophene rings is 1. The molecule has 0 atom stereocenters. The Hall–Kier alpha value is -1.12. The number of aromatic nitrogens is 1. The summed E-state index contributed by atoms with van der Waals surface area (Å²) < 4.78 is 27.0. The number of hydrogen-bond acceptors (Lipinski definition) is 5. The van der Waals surface area contributed by atoms with Crippen molar-refractivity contribution in [2.45, 2.75) is 4.90 Å². The van der Waals surface area contributed by atoms with E-state index in [9.17, 15) is 8.42 Å². The summed E-state index contributed by atoms with van der Waals surface area (Å²) in [6.07, 6.45) is 1.44. The minimum atomic E-state index is -3.70. The molecular weight excluding hydrogens is 326 g/mol. The van der Waals surface area contributed by atoms with Crippen molar-refractivity contribution in [3.8, 4) is 0 Å². The molecule has 2 aromatic heterocycles. The van der Waals surface area contributed by atoms with Crippen molar-refractivity contribution in [2.24, 2.45) is 0 Å². The predicted molar refractivity (Wildman–Crippen MR) is 71.5 cm³/mol. The van der Waals surface area contributed by atoms with Crippen molar-refractivity contribution in [1.82, 2.24) is 4.98 Å². The van der Waals surface area contributed by atoms with Gasteiger partial charge >= 0.3 is 0 Å². The maximum Gasteiger partial charge on any atom is 0.265 e. The first-order valence-corrected chi connectivity index (χ1v) is 7.67. The molecule has 0 aromatic carbocycles. The standard InChI is InChI=1S/C9H8BrN3O2S2/c10-6-3-8(9(11)12-4-6)17(14,15)13-7-1-2-16-5-7/h1-5,13H,(H2,11,12). The molecular formula is C9H8BrN3O2S2. The summed E-state index contributed by atoms with van der Waals surface area (Å²) in [6, 6.07) is 3.08. The second kappa shape index (κ2) is 4.63. The first kappa shape index (κ1) is 12.3. The highest BCUT2D eigenvalue weighted by Gasteiger charge is 2.19. The molecule has 0 bridgehead atoms. The molecule has 0 amide bonds. The van der Waals surface area contributed by atoms with Crippen LogP contribution in [0.4, 0.5) is 11.5 Å². The molecule has 0 saturated heterocycles. The molecule has 2 heterocycles. The zero-order valence-electron chi connectivity index (χ0n) is 8.42. The monoisotopic (exact) mass is 333 g/mol. The number of sulfonamides is 1. The molecule has 2 rings (SSSR count). The maximum atomic E-state index is 12.0. The van der Waals surface area contributed by atoms with Crippen LogP contribution in [-0.4, -0.2) is 13.4 Å². The summed E-state index contributed by atoms with van der Waals surface area (Å²) in [6.45, 7) is 0. The Morgan fingerprint density at radius 1 is 1.47 bits per heavy atom. The van der Waals surface area contributed by atoms with Gasteiger partial charge in [0.15, 0.2) is 0 Å².